The Kier molecular flexibility index (Phi) is 9.70. The molecule has 0 amide bonds. The zero-order chi connectivity index (χ0) is 29.3. The Hall–Kier alpha value is -4.39. The second-order valence-corrected chi connectivity index (χ2v) is 10.3. The smallest absolute Gasteiger partial charge is 0.159 e. The normalized spacial score (nSPS) is 11.3. The monoisotopic (exact) mass is 563 g/mol. The van der Waals surface area contributed by atoms with Crippen LogP contribution in [0, 0.1) is 0 Å². The van der Waals surface area contributed by atoms with E-state index in [9.17, 15) is 0 Å². The van der Waals surface area contributed by atoms with Crippen molar-refractivity contribution in [2.75, 3.05) is 13.2 Å². The second kappa shape index (κ2) is 14.0. The van der Waals surface area contributed by atoms with Crippen molar-refractivity contribution in [1.29, 1.82) is 0 Å². The average molecular weight is 564 g/mol. The summed E-state index contributed by atoms with van der Waals surface area (Å²) in [6, 6.07) is 18.4. The van der Waals surface area contributed by atoms with Crippen molar-refractivity contribution in [2.45, 2.75) is 65.5 Å². The lowest BCUT2D eigenvalue weighted by molar-refractivity contribution is 0.307. The number of hydrogen-bond donors (Lipinski definition) is 0. The van der Waals surface area contributed by atoms with E-state index in [1.165, 1.54) is 0 Å². The fourth-order valence-corrected chi connectivity index (χ4v) is 5.28. The number of aryl methyl sites for hydroxylation is 2. The van der Waals surface area contributed by atoms with Crippen LogP contribution >= 0.6 is 0 Å². The summed E-state index contributed by atoms with van der Waals surface area (Å²) in [5.74, 6) is 3.35. The van der Waals surface area contributed by atoms with E-state index in [0.717, 1.165) is 108 Å². The number of nitrogens with zero attached hydrogens (tertiary/aromatic N) is 5. The Morgan fingerprint density at radius 1 is 0.643 bits per heavy atom. The van der Waals surface area contributed by atoms with Crippen molar-refractivity contribution in [3.63, 3.8) is 0 Å². The number of aromatic nitrogens is 5. The molecule has 5 aromatic rings. The Balaban J connectivity index is 1.42. The molecule has 42 heavy (non-hydrogen) atoms. The van der Waals surface area contributed by atoms with Gasteiger partial charge in [0.25, 0.3) is 0 Å². The largest absolute Gasteiger partial charge is 0.494 e. The molecule has 0 saturated heterocycles. The molecule has 0 aliphatic heterocycles. The van der Waals surface area contributed by atoms with Crippen molar-refractivity contribution in [2.24, 2.45) is 0 Å². The lowest BCUT2D eigenvalue weighted by atomic mass is 10.2. The first-order chi connectivity index (χ1) is 20.7. The van der Waals surface area contributed by atoms with Gasteiger partial charge in [-0.1, -0.05) is 18.2 Å². The molecule has 218 valence electrons. The molecule has 0 unspecified atom stereocenters. The van der Waals surface area contributed by atoms with Crippen LogP contribution in [0.1, 0.15) is 52.4 Å². The highest BCUT2D eigenvalue weighted by Gasteiger charge is 2.17. The summed E-state index contributed by atoms with van der Waals surface area (Å²) >= 11 is 0. The van der Waals surface area contributed by atoms with Crippen molar-refractivity contribution >= 4 is 22.1 Å². The second-order valence-electron chi connectivity index (χ2n) is 10.3. The molecule has 0 fully saturated rings. The molecule has 7 heteroatoms. The van der Waals surface area contributed by atoms with E-state index in [-0.39, 0.29) is 0 Å². The van der Waals surface area contributed by atoms with Crippen LogP contribution in [0.5, 0.6) is 11.5 Å². The molecular weight excluding hydrogens is 522 g/mol. The first-order valence-corrected chi connectivity index (χ1v) is 15.1. The molecule has 0 radical (unpaired) electrons. The molecule has 0 spiro atoms. The number of unbranched alkanes of at least 4 members (excludes halogenated alkanes) is 4. The van der Waals surface area contributed by atoms with Crippen LogP contribution in [0.25, 0.3) is 45.1 Å². The summed E-state index contributed by atoms with van der Waals surface area (Å²) in [4.78, 5) is 15.1. The number of imidazole rings is 2. The van der Waals surface area contributed by atoms with Gasteiger partial charge >= 0.3 is 0 Å². The van der Waals surface area contributed by atoms with Crippen molar-refractivity contribution in [3.8, 4) is 34.5 Å². The van der Waals surface area contributed by atoms with Gasteiger partial charge in [-0.25, -0.2) is 15.0 Å². The zero-order valence-electron chi connectivity index (χ0n) is 24.9. The Labute approximate surface area is 248 Å². The van der Waals surface area contributed by atoms with Gasteiger partial charge in [-0.2, -0.15) is 0 Å². The van der Waals surface area contributed by atoms with E-state index >= 15 is 0 Å². The highest BCUT2D eigenvalue weighted by molar-refractivity contribution is 5.83. The molecule has 0 saturated carbocycles. The summed E-state index contributed by atoms with van der Waals surface area (Å²) in [5.41, 5.74) is 5.57. The van der Waals surface area contributed by atoms with Gasteiger partial charge in [0.1, 0.15) is 22.9 Å². The third kappa shape index (κ3) is 6.40. The number of hydrogen-bond acceptors (Lipinski definition) is 5. The SMILES string of the molecule is C=CCCCCOc1ccc2c(c1)nc(-c1cccc(-c3nc4cc(OCCCCC=C)ccc4n3CC)n1)n2CC. The quantitative estimate of drug-likeness (QED) is 0.0888. The van der Waals surface area contributed by atoms with Gasteiger partial charge in [0.05, 0.1) is 35.3 Å². The number of pyridine rings is 1. The van der Waals surface area contributed by atoms with Crippen LogP contribution in [-0.2, 0) is 13.1 Å². The summed E-state index contributed by atoms with van der Waals surface area (Å²) in [7, 11) is 0. The molecule has 7 nitrogen and oxygen atoms in total. The molecule has 0 aliphatic carbocycles. The Bertz CT molecular complexity index is 1550. The molecule has 0 aliphatic rings. The predicted molar refractivity (Wildman–Crippen MR) is 172 cm³/mol. The lowest BCUT2D eigenvalue weighted by Crippen LogP contribution is -2.02. The van der Waals surface area contributed by atoms with E-state index in [1.54, 1.807) is 0 Å². The Morgan fingerprint density at radius 3 is 1.55 bits per heavy atom. The first kappa shape index (κ1) is 29.1. The predicted octanol–water partition coefficient (Wildman–Crippen LogP) is 8.63. The van der Waals surface area contributed by atoms with Gasteiger partial charge in [-0.3, -0.25) is 0 Å². The van der Waals surface area contributed by atoms with Crippen molar-refractivity contribution in [3.05, 3.63) is 79.9 Å². The summed E-state index contributed by atoms with van der Waals surface area (Å²) < 4.78 is 16.4. The molecule has 5 rings (SSSR count). The first-order valence-electron chi connectivity index (χ1n) is 15.1. The van der Waals surface area contributed by atoms with Crippen molar-refractivity contribution in [1.82, 2.24) is 24.1 Å². The minimum absolute atomic E-state index is 0.687. The molecule has 3 heterocycles. The van der Waals surface area contributed by atoms with E-state index < -0.39 is 0 Å². The molecule has 0 bridgehead atoms. The fourth-order valence-electron chi connectivity index (χ4n) is 5.28. The third-order valence-electron chi connectivity index (χ3n) is 7.42. The highest BCUT2D eigenvalue weighted by atomic mass is 16.5. The van der Waals surface area contributed by atoms with Crippen LogP contribution in [0.4, 0.5) is 0 Å². The third-order valence-corrected chi connectivity index (χ3v) is 7.42. The number of fused-ring (bicyclic) bond motifs is 2. The maximum atomic E-state index is 6.00. The number of benzene rings is 2. The zero-order valence-corrected chi connectivity index (χ0v) is 24.9. The fraction of sp³-hybridized carbons (Fsp3) is 0.343. The van der Waals surface area contributed by atoms with Crippen LogP contribution < -0.4 is 9.47 Å². The van der Waals surface area contributed by atoms with Gasteiger partial charge in [0.2, 0.25) is 0 Å². The summed E-state index contributed by atoms with van der Waals surface area (Å²) in [6.45, 7) is 14.8. The Morgan fingerprint density at radius 2 is 1.12 bits per heavy atom. The van der Waals surface area contributed by atoms with Crippen LogP contribution in [-0.4, -0.2) is 37.3 Å². The summed E-state index contributed by atoms with van der Waals surface area (Å²) in [5, 5.41) is 0. The maximum Gasteiger partial charge on any atom is 0.159 e. The number of rotatable bonds is 16. The van der Waals surface area contributed by atoms with Crippen LogP contribution in [0.2, 0.25) is 0 Å². The molecular formula is C35H41N5O2. The minimum Gasteiger partial charge on any atom is -0.494 e. The average Bonchev–Trinajstić information content (AvgIpc) is 3.58. The van der Waals surface area contributed by atoms with Gasteiger partial charge in [0.15, 0.2) is 11.6 Å². The van der Waals surface area contributed by atoms with E-state index in [1.807, 2.05) is 54.6 Å². The molecule has 0 atom stereocenters. The van der Waals surface area contributed by atoms with E-state index in [0.29, 0.717) is 13.2 Å². The molecule has 3 aromatic heterocycles. The van der Waals surface area contributed by atoms with Gasteiger partial charge in [0, 0.05) is 25.2 Å². The standard InChI is InChI=1S/C35H41N5O2/c1-5-9-11-13-22-41-26-18-20-32-30(24-26)37-34(39(32)7-3)28-16-15-17-29(36-28)35-38-31-25-27(42-23-14-12-10-6-2)19-21-33(31)40(35)8-4/h5-6,15-21,24-25H,1-2,7-14,22-23H2,3-4H3. The van der Waals surface area contributed by atoms with Crippen LogP contribution in [0.15, 0.2) is 79.9 Å². The van der Waals surface area contributed by atoms with Gasteiger partial charge in [-0.15, -0.1) is 13.2 Å². The van der Waals surface area contributed by atoms with Crippen LogP contribution in [0.3, 0.4) is 0 Å². The van der Waals surface area contributed by atoms with Crippen molar-refractivity contribution < 1.29 is 9.47 Å². The van der Waals surface area contributed by atoms with E-state index in [2.05, 4.69) is 48.3 Å². The maximum absolute atomic E-state index is 6.00. The van der Waals surface area contributed by atoms with E-state index in [4.69, 9.17) is 24.4 Å². The van der Waals surface area contributed by atoms with Gasteiger partial charge in [-0.05, 0) is 88.8 Å². The highest BCUT2D eigenvalue weighted by Crippen LogP contribution is 2.30. The molecule has 2 aromatic carbocycles. The lowest BCUT2D eigenvalue weighted by Gasteiger charge is -2.09. The summed E-state index contributed by atoms with van der Waals surface area (Å²) in [6.07, 6.45) is 10.1. The molecule has 0 N–H and O–H groups in total. The number of allylic oxidation sites excluding steroid dienone is 2. The topological polar surface area (TPSA) is 67.0 Å². The minimum atomic E-state index is 0.687. The van der Waals surface area contributed by atoms with Gasteiger partial charge < -0.3 is 18.6 Å². The number of ether oxygens (including phenoxy) is 2.